The van der Waals surface area contributed by atoms with Crippen molar-refractivity contribution < 1.29 is 4.74 Å². The summed E-state index contributed by atoms with van der Waals surface area (Å²) in [6.45, 7) is 2.28. The summed E-state index contributed by atoms with van der Waals surface area (Å²) in [6, 6.07) is 19.6. The molecule has 2 aromatic carbocycles. The first-order valence-electron chi connectivity index (χ1n) is 10.3. The van der Waals surface area contributed by atoms with Crippen molar-refractivity contribution in [1.82, 2.24) is 4.90 Å². The van der Waals surface area contributed by atoms with Crippen LogP contribution in [0.25, 0.3) is 0 Å². The quantitative estimate of drug-likeness (QED) is 0.661. The van der Waals surface area contributed by atoms with Crippen molar-refractivity contribution in [3.63, 3.8) is 0 Å². The summed E-state index contributed by atoms with van der Waals surface area (Å²) in [6.07, 6.45) is 8.69. The SMILES string of the molecule is CN(CCCc1ccccc1)CCC12CCCCC1c1ccccc1O2. The van der Waals surface area contributed by atoms with Crippen LogP contribution in [0.1, 0.15) is 55.6 Å². The number of aryl methyl sites for hydroxylation is 1. The number of nitrogens with zero attached hydrogens (tertiary/aromatic N) is 1. The van der Waals surface area contributed by atoms with Gasteiger partial charge in [-0.25, -0.2) is 0 Å². The van der Waals surface area contributed by atoms with Gasteiger partial charge >= 0.3 is 0 Å². The summed E-state index contributed by atoms with van der Waals surface area (Å²) in [7, 11) is 2.27. The first-order valence-corrected chi connectivity index (χ1v) is 10.3. The third kappa shape index (κ3) is 3.66. The average Bonchev–Trinajstić information content (AvgIpc) is 3.02. The second kappa shape index (κ2) is 7.84. The molecular weight excluding hydrogens is 318 g/mol. The van der Waals surface area contributed by atoms with Crippen molar-refractivity contribution in [2.24, 2.45) is 0 Å². The van der Waals surface area contributed by atoms with Crippen molar-refractivity contribution >= 4 is 0 Å². The maximum Gasteiger partial charge on any atom is 0.123 e. The maximum atomic E-state index is 6.60. The van der Waals surface area contributed by atoms with Crippen molar-refractivity contribution in [1.29, 1.82) is 0 Å². The molecule has 0 spiro atoms. The third-order valence-corrected chi connectivity index (χ3v) is 6.35. The van der Waals surface area contributed by atoms with Crippen molar-refractivity contribution in [3.05, 3.63) is 65.7 Å². The molecule has 1 aliphatic carbocycles. The van der Waals surface area contributed by atoms with Gasteiger partial charge in [0.15, 0.2) is 0 Å². The number of hydrogen-bond donors (Lipinski definition) is 0. The van der Waals surface area contributed by atoms with Gasteiger partial charge in [-0.1, -0.05) is 55.0 Å². The second-order valence-corrected chi connectivity index (χ2v) is 8.15. The van der Waals surface area contributed by atoms with Crippen LogP contribution in [-0.4, -0.2) is 30.6 Å². The molecule has 2 nitrogen and oxygen atoms in total. The van der Waals surface area contributed by atoms with Crippen molar-refractivity contribution in [2.45, 2.75) is 56.5 Å². The molecule has 1 saturated carbocycles. The van der Waals surface area contributed by atoms with E-state index < -0.39 is 0 Å². The molecule has 0 radical (unpaired) electrons. The van der Waals surface area contributed by atoms with Crippen LogP contribution in [0.4, 0.5) is 0 Å². The van der Waals surface area contributed by atoms with Crippen LogP contribution in [0.5, 0.6) is 5.75 Å². The Morgan fingerprint density at radius 1 is 1.00 bits per heavy atom. The molecule has 0 saturated heterocycles. The molecular formula is C24H31NO. The third-order valence-electron chi connectivity index (χ3n) is 6.35. The van der Waals surface area contributed by atoms with Gasteiger partial charge in [-0.2, -0.15) is 0 Å². The van der Waals surface area contributed by atoms with Crippen LogP contribution in [-0.2, 0) is 6.42 Å². The number of ether oxygens (including phenoxy) is 1. The first kappa shape index (κ1) is 17.6. The van der Waals surface area contributed by atoms with Crippen LogP contribution >= 0.6 is 0 Å². The van der Waals surface area contributed by atoms with Gasteiger partial charge in [0.25, 0.3) is 0 Å². The monoisotopic (exact) mass is 349 g/mol. The van der Waals surface area contributed by atoms with E-state index in [2.05, 4.69) is 66.5 Å². The number of para-hydroxylation sites is 1. The Balaban J connectivity index is 1.32. The van der Waals surface area contributed by atoms with E-state index in [1.807, 2.05) is 0 Å². The molecule has 1 fully saturated rings. The van der Waals surface area contributed by atoms with E-state index in [1.165, 1.54) is 49.7 Å². The highest BCUT2D eigenvalue weighted by Crippen LogP contribution is 2.53. The minimum absolute atomic E-state index is 0.0512. The van der Waals surface area contributed by atoms with Crippen LogP contribution in [0.15, 0.2) is 54.6 Å². The van der Waals surface area contributed by atoms with E-state index in [0.717, 1.165) is 25.3 Å². The normalized spacial score (nSPS) is 24.2. The van der Waals surface area contributed by atoms with Crippen LogP contribution < -0.4 is 4.74 Å². The largest absolute Gasteiger partial charge is 0.486 e. The van der Waals surface area contributed by atoms with E-state index in [9.17, 15) is 0 Å². The molecule has 2 aliphatic rings. The lowest BCUT2D eigenvalue weighted by atomic mass is 9.72. The van der Waals surface area contributed by atoms with Gasteiger partial charge in [0, 0.05) is 24.4 Å². The topological polar surface area (TPSA) is 12.5 Å². The average molecular weight is 350 g/mol. The first-order chi connectivity index (χ1) is 12.8. The number of fused-ring (bicyclic) bond motifs is 3. The van der Waals surface area contributed by atoms with E-state index in [0.29, 0.717) is 5.92 Å². The molecule has 0 N–H and O–H groups in total. The number of hydrogen-bond acceptors (Lipinski definition) is 2. The Bertz CT molecular complexity index is 713. The fraction of sp³-hybridized carbons (Fsp3) is 0.500. The molecule has 1 heterocycles. The smallest absolute Gasteiger partial charge is 0.123 e. The van der Waals surface area contributed by atoms with E-state index in [1.54, 1.807) is 0 Å². The molecule has 2 aromatic rings. The Kier molecular flexibility index (Phi) is 5.31. The summed E-state index contributed by atoms with van der Waals surface area (Å²) in [5, 5.41) is 0. The number of rotatable bonds is 7. The number of benzene rings is 2. The fourth-order valence-electron chi connectivity index (χ4n) is 4.89. The molecule has 4 rings (SSSR count). The molecule has 0 aromatic heterocycles. The zero-order valence-corrected chi connectivity index (χ0v) is 16.0. The van der Waals surface area contributed by atoms with Gasteiger partial charge in [-0.05, 0) is 57.3 Å². The summed E-state index contributed by atoms with van der Waals surface area (Å²) in [5.74, 6) is 1.75. The van der Waals surface area contributed by atoms with Crippen molar-refractivity contribution in [3.8, 4) is 5.75 Å². The summed E-state index contributed by atoms with van der Waals surface area (Å²) in [4.78, 5) is 2.50. The Morgan fingerprint density at radius 2 is 1.81 bits per heavy atom. The summed E-state index contributed by atoms with van der Waals surface area (Å²) in [5.41, 5.74) is 2.95. The van der Waals surface area contributed by atoms with Gasteiger partial charge < -0.3 is 9.64 Å². The molecule has 1 aliphatic heterocycles. The van der Waals surface area contributed by atoms with Gasteiger partial charge in [0.05, 0.1) is 0 Å². The zero-order valence-electron chi connectivity index (χ0n) is 16.0. The Labute approximate surface area is 158 Å². The van der Waals surface area contributed by atoms with Crippen molar-refractivity contribution in [2.75, 3.05) is 20.1 Å². The van der Waals surface area contributed by atoms with E-state index >= 15 is 0 Å². The highest BCUT2D eigenvalue weighted by Gasteiger charge is 2.48. The lowest BCUT2D eigenvalue weighted by molar-refractivity contribution is 0.0197. The minimum atomic E-state index is 0.0512. The minimum Gasteiger partial charge on any atom is -0.486 e. The van der Waals surface area contributed by atoms with Gasteiger partial charge in [-0.15, -0.1) is 0 Å². The summed E-state index contributed by atoms with van der Waals surface area (Å²) >= 11 is 0. The lowest BCUT2D eigenvalue weighted by Gasteiger charge is -2.39. The van der Waals surface area contributed by atoms with Crippen LogP contribution in [0.3, 0.4) is 0 Å². The molecule has 0 amide bonds. The predicted molar refractivity (Wildman–Crippen MR) is 108 cm³/mol. The van der Waals surface area contributed by atoms with E-state index in [-0.39, 0.29) is 5.60 Å². The van der Waals surface area contributed by atoms with Gasteiger partial charge in [0.2, 0.25) is 0 Å². The zero-order chi connectivity index (χ0) is 17.8. The molecule has 2 heteroatoms. The van der Waals surface area contributed by atoms with E-state index in [4.69, 9.17) is 4.74 Å². The van der Waals surface area contributed by atoms with Gasteiger partial charge in [-0.3, -0.25) is 0 Å². The second-order valence-electron chi connectivity index (χ2n) is 8.15. The molecule has 138 valence electrons. The van der Waals surface area contributed by atoms with Gasteiger partial charge in [0.1, 0.15) is 11.4 Å². The highest BCUT2D eigenvalue weighted by atomic mass is 16.5. The molecule has 26 heavy (non-hydrogen) atoms. The van der Waals surface area contributed by atoms with Crippen LogP contribution in [0.2, 0.25) is 0 Å². The standard InChI is InChI=1S/C24H31NO/c1-25(18-9-12-20-10-3-2-4-11-20)19-17-24-16-8-7-14-22(24)21-13-5-6-15-23(21)26-24/h2-6,10-11,13,15,22H,7-9,12,14,16-19H2,1H3. The molecule has 2 atom stereocenters. The molecule has 2 unspecified atom stereocenters. The Morgan fingerprint density at radius 3 is 2.69 bits per heavy atom. The lowest BCUT2D eigenvalue weighted by Crippen LogP contribution is -2.43. The molecule has 0 bridgehead atoms. The maximum absolute atomic E-state index is 6.60. The Hall–Kier alpha value is -1.80. The summed E-state index contributed by atoms with van der Waals surface area (Å²) < 4.78 is 6.60. The predicted octanol–water partition coefficient (Wildman–Crippen LogP) is 5.43. The fourth-order valence-corrected chi connectivity index (χ4v) is 4.89. The van der Waals surface area contributed by atoms with Crippen LogP contribution in [0, 0.1) is 0 Å². The highest BCUT2D eigenvalue weighted by molar-refractivity contribution is 5.43.